The first kappa shape index (κ1) is 33.3. The highest BCUT2D eigenvalue weighted by atomic mass is 32.1. The van der Waals surface area contributed by atoms with Gasteiger partial charge in [-0.1, -0.05) is 47.5 Å². The number of carbonyl (C=O) groups excluding carboxylic acids is 4. The van der Waals surface area contributed by atoms with E-state index >= 15 is 0 Å². The first-order valence-corrected chi connectivity index (χ1v) is 12.8. The highest BCUT2D eigenvalue weighted by Crippen LogP contribution is 2.32. The van der Waals surface area contributed by atoms with Gasteiger partial charge in [-0.15, -0.1) is 12.6 Å². The minimum Gasteiger partial charge on any atom is -0.452 e. The number of nitrogens with two attached hydrogens (primary N) is 1. The van der Waals surface area contributed by atoms with E-state index in [1.165, 1.54) is 6.08 Å². The van der Waals surface area contributed by atoms with Crippen molar-refractivity contribution < 1.29 is 33.4 Å². The van der Waals surface area contributed by atoms with Crippen molar-refractivity contribution in [2.24, 2.45) is 16.6 Å². The molecule has 0 aromatic heterocycles. The van der Waals surface area contributed by atoms with E-state index in [1.807, 2.05) is 34.6 Å². The number of amides is 1. The molecule has 1 fully saturated rings. The Kier molecular flexibility index (Phi) is 17.2. The lowest BCUT2D eigenvalue weighted by Crippen LogP contribution is -2.45. The fraction of sp³-hybridized carbons (Fsp3) is 0.640. The molecule has 10 nitrogen and oxygen atoms in total. The van der Waals surface area contributed by atoms with Crippen molar-refractivity contribution in [1.29, 1.82) is 0 Å². The number of esters is 2. The molecule has 2 aliphatic rings. The van der Waals surface area contributed by atoms with Crippen LogP contribution < -0.4 is 5.73 Å². The Morgan fingerprint density at radius 2 is 1.69 bits per heavy atom. The van der Waals surface area contributed by atoms with Gasteiger partial charge in [0.25, 0.3) is 0 Å². The molecule has 36 heavy (non-hydrogen) atoms. The molecular formula is C25H41N3O7S. The minimum absolute atomic E-state index is 0.0213. The molecule has 2 heterocycles. The summed E-state index contributed by atoms with van der Waals surface area (Å²) in [5.41, 5.74) is 5.54. The summed E-state index contributed by atoms with van der Waals surface area (Å²) in [5, 5.41) is 0.0231. The first-order valence-electron chi connectivity index (χ1n) is 12.3. The number of fused-ring (bicyclic) bond motifs is 1. The van der Waals surface area contributed by atoms with Gasteiger partial charge in [0.15, 0.2) is 23.6 Å². The fourth-order valence-corrected chi connectivity index (χ4v) is 3.81. The van der Waals surface area contributed by atoms with Gasteiger partial charge in [-0.25, -0.2) is 9.59 Å². The number of ether oxygens (including phenoxy) is 3. The van der Waals surface area contributed by atoms with Gasteiger partial charge in [-0.3, -0.25) is 9.59 Å². The average molecular weight is 528 g/mol. The smallest absolute Gasteiger partial charge is 0.331 e. The first-order chi connectivity index (χ1) is 17.2. The molecule has 1 amide bonds. The van der Waals surface area contributed by atoms with E-state index < -0.39 is 36.5 Å². The number of hydrogen-bond acceptors (Lipinski definition) is 8. The lowest BCUT2D eigenvalue weighted by Gasteiger charge is -2.28. The molecule has 0 aromatic carbocycles. The number of rotatable bonds is 10. The van der Waals surface area contributed by atoms with Gasteiger partial charge in [0.2, 0.25) is 6.41 Å². The summed E-state index contributed by atoms with van der Waals surface area (Å²) in [6.45, 7) is 10.0. The van der Waals surface area contributed by atoms with Crippen LogP contribution in [0.3, 0.4) is 0 Å². The van der Waals surface area contributed by atoms with Crippen LogP contribution in [0, 0.1) is 5.92 Å². The number of thiol groups is 1. The summed E-state index contributed by atoms with van der Waals surface area (Å²) in [7, 11) is 1.69. The molecule has 3 unspecified atom stereocenters. The third-order valence-corrected chi connectivity index (χ3v) is 5.77. The molecule has 0 bridgehead atoms. The zero-order valence-corrected chi connectivity index (χ0v) is 23.0. The molecule has 0 aliphatic carbocycles. The second-order valence-electron chi connectivity index (χ2n) is 7.84. The third-order valence-electron chi connectivity index (χ3n) is 5.41. The molecule has 4 atom stereocenters. The minimum atomic E-state index is -0.794. The van der Waals surface area contributed by atoms with Crippen molar-refractivity contribution >= 4 is 41.9 Å². The second-order valence-corrected chi connectivity index (χ2v) is 8.28. The molecule has 0 saturated carbocycles. The highest BCUT2D eigenvalue weighted by Gasteiger charge is 2.50. The Labute approximate surface area is 219 Å². The predicted octanol–water partition coefficient (Wildman–Crippen LogP) is 3.16. The van der Waals surface area contributed by atoms with Crippen LogP contribution in [0.5, 0.6) is 0 Å². The van der Waals surface area contributed by atoms with E-state index in [9.17, 15) is 19.2 Å². The van der Waals surface area contributed by atoms with Gasteiger partial charge < -0.3 is 24.8 Å². The van der Waals surface area contributed by atoms with Crippen molar-refractivity contribution in [2.75, 3.05) is 7.05 Å². The Bertz CT molecular complexity index is 797. The average Bonchev–Trinajstić information content (AvgIpc) is 3.17. The number of likely N-dealkylation sites (N-methyl/N-ethyl adjacent to an activating group) is 1. The maximum Gasteiger partial charge on any atom is 0.331 e. The van der Waals surface area contributed by atoms with E-state index in [4.69, 9.17) is 19.9 Å². The Morgan fingerprint density at radius 3 is 2.14 bits per heavy atom. The summed E-state index contributed by atoms with van der Waals surface area (Å²) in [5.74, 6) is -1.05. The molecule has 2 aliphatic heterocycles. The summed E-state index contributed by atoms with van der Waals surface area (Å²) < 4.78 is 16.9. The van der Waals surface area contributed by atoms with Gasteiger partial charge in [-0.05, 0) is 25.3 Å². The number of nitrogens with zero attached hydrogens (tertiary/aromatic N) is 2. The predicted molar refractivity (Wildman–Crippen MR) is 141 cm³/mol. The molecule has 0 radical (unpaired) electrons. The van der Waals surface area contributed by atoms with Crippen LogP contribution in [0.25, 0.3) is 0 Å². The van der Waals surface area contributed by atoms with Gasteiger partial charge in [0.05, 0.1) is 0 Å². The van der Waals surface area contributed by atoms with Crippen molar-refractivity contribution in [3.63, 3.8) is 0 Å². The topological polar surface area (TPSA) is 138 Å². The maximum absolute atomic E-state index is 11.9. The van der Waals surface area contributed by atoms with Crippen molar-refractivity contribution in [3.05, 3.63) is 24.4 Å². The van der Waals surface area contributed by atoms with E-state index in [0.29, 0.717) is 12.8 Å². The standard InChI is InChI=1S/C17H23N3O6.C6H12OS.C2H6/c1-3-4-5-11-15-16(26-14(23)7-6-13(22)25-15)17(24-11)20(2)9-8-12(18)19-10-21;1-3-5(4-2)6(7)8;1-2/h6-11,15-17H,3-5H2,1-2H3,(H2,18,19,21);5H,3-4H2,1-2H3,(H,7,8);1-2H3/b7-6-,9-8-;;/t11?,15?,16-,17?;;/m0../s1. The van der Waals surface area contributed by atoms with Crippen molar-refractivity contribution in [3.8, 4) is 0 Å². The van der Waals surface area contributed by atoms with Crippen LogP contribution in [0.2, 0.25) is 0 Å². The summed E-state index contributed by atoms with van der Waals surface area (Å²) >= 11 is 3.71. The van der Waals surface area contributed by atoms with Crippen molar-refractivity contribution in [1.82, 2.24) is 4.90 Å². The monoisotopic (exact) mass is 527 g/mol. The van der Waals surface area contributed by atoms with E-state index in [2.05, 4.69) is 17.6 Å². The number of unbranched alkanes of at least 4 members (excludes halogenated alkanes) is 1. The largest absolute Gasteiger partial charge is 0.452 e. The molecule has 0 aromatic rings. The molecule has 204 valence electrons. The number of aliphatic imine (C=N–C) groups is 1. The van der Waals surface area contributed by atoms with Gasteiger partial charge >= 0.3 is 11.9 Å². The zero-order valence-electron chi connectivity index (χ0n) is 22.1. The van der Waals surface area contributed by atoms with Gasteiger partial charge in [0.1, 0.15) is 11.9 Å². The molecule has 11 heteroatoms. The molecular weight excluding hydrogens is 486 g/mol. The molecule has 0 spiro atoms. The number of amidine groups is 1. The molecule has 2 rings (SSSR count). The summed E-state index contributed by atoms with van der Waals surface area (Å²) in [6.07, 6.45) is 7.13. The summed E-state index contributed by atoms with van der Waals surface area (Å²) in [4.78, 5) is 49.6. The van der Waals surface area contributed by atoms with Crippen LogP contribution >= 0.6 is 12.6 Å². The van der Waals surface area contributed by atoms with E-state index in [0.717, 1.165) is 37.8 Å². The lowest BCUT2D eigenvalue weighted by molar-refractivity contribution is -0.164. The molecule has 2 N–H and O–H groups in total. The molecule has 1 saturated heterocycles. The van der Waals surface area contributed by atoms with Crippen molar-refractivity contribution in [2.45, 2.75) is 91.3 Å². The van der Waals surface area contributed by atoms with Crippen LogP contribution in [0.4, 0.5) is 0 Å². The summed E-state index contributed by atoms with van der Waals surface area (Å²) in [6, 6.07) is 0. The van der Waals surface area contributed by atoms with Crippen LogP contribution in [0.15, 0.2) is 29.4 Å². The Balaban J connectivity index is 0.00000104. The number of hydrogen-bond donors (Lipinski definition) is 2. The third kappa shape index (κ3) is 11.4. The normalized spacial score (nSPS) is 24.2. The highest BCUT2D eigenvalue weighted by molar-refractivity contribution is 7.96. The number of carbonyl (C=O) groups is 4. The van der Waals surface area contributed by atoms with Crippen LogP contribution in [0.1, 0.15) is 66.7 Å². The SMILES string of the molecule is CC.CCC(CC)C(=O)S.CCCCC1OC(N(C)/C=C\C(N)=NC=O)[C@H]2OC(=O)/C=C\C(=O)OC12. The van der Waals surface area contributed by atoms with Gasteiger partial charge in [-0.2, -0.15) is 4.99 Å². The van der Waals surface area contributed by atoms with E-state index in [-0.39, 0.29) is 16.9 Å². The zero-order chi connectivity index (χ0) is 27.7. The quantitative estimate of drug-likeness (QED) is 0.144. The Morgan fingerprint density at radius 1 is 1.14 bits per heavy atom. The van der Waals surface area contributed by atoms with E-state index in [1.54, 1.807) is 18.1 Å². The maximum atomic E-state index is 11.9. The van der Waals surface area contributed by atoms with Crippen LogP contribution in [-0.2, 0) is 33.4 Å². The fourth-order valence-electron chi connectivity index (χ4n) is 3.44. The lowest BCUT2D eigenvalue weighted by atomic mass is 10.0. The van der Waals surface area contributed by atoms with Gasteiger partial charge in [0, 0.05) is 31.3 Å². The Hall–Kier alpha value is -2.66. The van der Waals surface area contributed by atoms with Crippen LogP contribution in [-0.4, -0.2) is 65.8 Å². The second kappa shape index (κ2) is 18.6.